The van der Waals surface area contributed by atoms with Crippen LogP contribution < -0.4 is 9.80 Å². The molecule has 6 rings (SSSR count). The summed E-state index contributed by atoms with van der Waals surface area (Å²) in [6.07, 6.45) is 0. The number of aromatic nitrogens is 3. The predicted molar refractivity (Wildman–Crippen MR) is 156 cm³/mol. The van der Waals surface area contributed by atoms with Crippen molar-refractivity contribution in [1.29, 1.82) is 0 Å². The van der Waals surface area contributed by atoms with Crippen LogP contribution in [0.3, 0.4) is 0 Å². The first-order chi connectivity index (χ1) is 18.3. The lowest BCUT2D eigenvalue weighted by atomic mass is 9.92. The number of nitrogens with zero attached hydrogens (tertiary/aromatic N) is 5. The zero-order valence-electron chi connectivity index (χ0n) is 22.0. The summed E-state index contributed by atoms with van der Waals surface area (Å²) in [7, 11) is 7.51. The van der Waals surface area contributed by atoms with Gasteiger partial charge in [-0.05, 0) is 63.0 Å². The topological polar surface area (TPSA) is 65.4 Å². The van der Waals surface area contributed by atoms with Gasteiger partial charge in [0.1, 0.15) is 5.75 Å². The molecule has 38 heavy (non-hydrogen) atoms. The van der Waals surface area contributed by atoms with E-state index < -0.39 is 0 Å². The highest BCUT2D eigenvalue weighted by molar-refractivity contribution is 6.23. The number of rotatable bonds is 3. The van der Waals surface area contributed by atoms with Gasteiger partial charge >= 0.3 is 0 Å². The Morgan fingerprint density at radius 1 is 0.684 bits per heavy atom. The summed E-state index contributed by atoms with van der Waals surface area (Å²) in [5.74, 6) is 8.30. The third kappa shape index (κ3) is 3.89. The molecule has 0 spiro atoms. The summed E-state index contributed by atoms with van der Waals surface area (Å²) < 4.78 is 0. The molecule has 6 aromatic rings. The molecule has 0 fully saturated rings. The Balaban J connectivity index is 1.49. The van der Waals surface area contributed by atoms with Gasteiger partial charge in [0, 0.05) is 39.3 Å². The van der Waals surface area contributed by atoms with E-state index in [1.165, 1.54) is 26.9 Å². The van der Waals surface area contributed by atoms with Crippen molar-refractivity contribution in [1.82, 2.24) is 15.0 Å². The van der Waals surface area contributed by atoms with Gasteiger partial charge < -0.3 is 14.9 Å². The molecule has 0 aliphatic rings. The quantitative estimate of drug-likeness (QED) is 0.240. The number of aryl methyl sites for hydroxylation is 1. The number of hydrogen-bond acceptors (Lipinski definition) is 6. The molecule has 1 N–H and O–H groups in total. The van der Waals surface area contributed by atoms with Crippen molar-refractivity contribution in [3.63, 3.8) is 0 Å². The van der Waals surface area contributed by atoms with Crippen LogP contribution in [0.5, 0.6) is 5.75 Å². The molecule has 0 bridgehead atoms. The maximum Gasteiger partial charge on any atom is 0.230 e. The van der Waals surface area contributed by atoms with Crippen molar-refractivity contribution in [3.8, 4) is 29.0 Å². The monoisotopic (exact) mass is 497 g/mol. The summed E-state index contributed by atoms with van der Waals surface area (Å²) >= 11 is 0. The maximum absolute atomic E-state index is 10.9. The van der Waals surface area contributed by atoms with Crippen LogP contribution >= 0.6 is 0 Å². The Bertz CT molecular complexity index is 1870. The van der Waals surface area contributed by atoms with E-state index in [1.807, 2.05) is 57.0 Å². The minimum Gasteiger partial charge on any atom is -0.507 e. The van der Waals surface area contributed by atoms with Crippen LogP contribution in [0.25, 0.3) is 43.7 Å². The van der Waals surface area contributed by atoms with E-state index in [9.17, 15) is 5.11 Å². The van der Waals surface area contributed by atoms with E-state index in [0.29, 0.717) is 28.8 Å². The second-order valence-corrected chi connectivity index (χ2v) is 9.96. The fourth-order valence-corrected chi connectivity index (χ4v) is 4.88. The Labute approximate surface area is 221 Å². The number of aromatic hydroxyl groups is 1. The molecule has 6 nitrogen and oxygen atoms in total. The fraction of sp³-hybridized carbons (Fsp3) is 0.156. The minimum atomic E-state index is 0.138. The number of phenols is 1. The van der Waals surface area contributed by atoms with Gasteiger partial charge in [-0.1, -0.05) is 60.4 Å². The van der Waals surface area contributed by atoms with Gasteiger partial charge in [-0.3, -0.25) is 0 Å². The molecule has 0 saturated carbocycles. The van der Waals surface area contributed by atoms with Crippen molar-refractivity contribution >= 4 is 44.2 Å². The van der Waals surface area contributed by atoms with Crippen molar-refractivity contribution in [2.75, 3.05) is 38.0 Å². The third-order valence-electron chi connectivity index (χ3n) is 6.82. The second-order valence-electron chi connectivity index (χ2n) is 9.96. The molecule has 1 aromatic heterocycles. The summed E-state index contributed by atoms with van der Waals surface area (Å²) in [5, 5.41) is 18.3. The van der Waals surface area contributed by atoms with Crippen molar-refractivity contribution < 1.29 is 5.11 Å². The second kappa shape index (κ2) is 8.89. The number of hydrogen-bond donors (Lipinski definition) is 1. The van der Waals surface area contributed by atoms with Crippen LogP contribution in [0.2, 0.25) is 0 Å². The molecule has 0 aliphatic carbocycles. The van der Waals surface area contributed by atoms with Gasteiger partial charge in [0.15, 0.2) is 5.82 Å². The molecular weight excluding hydrogens is 470 g/mol. The number of anilines is 2. The van der Waals surface area contributed by atoms with Crippen molar-refractivity contribution in [2.24, 2.45) is 0 Å². The molecule has 0 unspecified atom stereocenters. The molecular formula is C32H27N5O. The minimum absolute atomic E-state index is 0.138. The van der Waals surface area contributed by atoms with Gasteiger partial charge in [-0.2, -0.15) is 15.0 Å². The number of benzene rings is 5. The fourth-order valence-electron chi connectivity index (χ4n) is 4.88. The molecule has 6 heteroatoms. The van der Waals surface area contributed by atoms with E-state index in [-0.39, 0.29) is 5.75 Å². The van der Waals surface area contributed by atoms with Gasteiger partial charge in [0.25, 0.3) is 0 Å². The standard InChI is InChI=1S/C32H27N5O/c1-19-17-20(18-26(29(19)38)30-33-31(36(2)3)35-32(34-30)37(4)5)9-10-21-11-12-24-14-13-22-7-6-8-23-15-16-25(21)28(24)27(22)23/h6-8,11-18,38H,1-5H3. The normalized spacial score (nSPS) is 11.2. The van der Waals surface area contributed by atoms with Gasteiger partial charge in [0.2, 0.25) is 11.9 Å². The van der Waals surface area contributed by atoms with E-state index >= 15 is 0 Å². The largest absolute Gasteiger partial charge is 0.507 e. The smallest absolute Gasteiger partial charge is 0.230 e. The molecule has 0 atom stereocenters. The zero-order valence-corrected chi connectivity index (χ0v) is 22.0. The summed E-state index contributed by atoms with van der Waals surface area (Å²) in [5.41, 5.74) is 2.98. The Morgan fingerprint density at radius 3 is 1.95 bits per heavy atom. The molecule has 1 heterocycles. The van der Waals surface area contributed by atoms with Crippen molar-refractivity contribution in [2.45, 2.75) is 6.92 Å². The summed E-state index contributed by atoms with van der Waals surface area (Å²) in [6.45, 7) is 1.86. The number of phenolic OH excluding ortho intramolecular Hbond substituents is 1. The van der Waals surface area contributed by atoms with Crippen LogP contribution in [-0.4, -0.2) is 48.2 Å². The first-order valence-corrected chi connectivity index (χ1v) is 12.4. The SMILES string of the molecule is Cc1cc(C#Cc2ccc3ccc4cccc5ccc2c3c45)cc(-c2nc(N(C)C)nc(N(C)C)n2)c1O. The molecule has 0 amide bonds. The van der Waals surface area contributed by atoms with Crippen LogP contribution in [-0.2, 0) is 0 Å². The average molecular weight is 498 g/mol. The highest BCUT2D eigenvalue weighted by Crippen LogP contribution is 2.36. The van der Waals surface area contributed by atoms with E-state index in [4.69, 9.17) is 0 Å². The lowest BCUT2D eigenvalue weighted by Gasteiger charge is -2.17. The summed E-state index contributed by atoms with van der Waals surface area (Å²) in [4.78, 5) is 17.3. The van der Waals surface area contributed by atoms with E-state index in [1.54, 1.807) is 0 Å². The molecule has 186 valence electrons. The highest BCUT2D eigenvalue weighted by Gasteiger charge is 2.16. The molecule has 0 saturated heterocycles. The Morgan fingerprint density at radius 2 is 1.29 bits per heavy atom. The first kappa shape index (κ1) is 23.5. The molecule has 0 radical (unpaired) electrons. The zero-order chi connectivity index (χ0) is 26.6. The summed E-state index contributed by atoms with van der Waals surface area (Å²) in [6, 6.07) is 23.1. The van der Waals surface area contributed by atoms with Crippen LogP contribution in [0.15, 0.2) is 66.7 Å². The van der Waals surface area contributed by atoms with Crippen molar-refractivity contribution in [3.05, 3.63) is 83.4 Å². The van der Waals surface area contributed by atoms with Crippen LogP contribution in [0.4, 0.5) is 11.9 Å². The van der Waals surface area contributed by atoms with Gasteiger partial charge in [-0.15, -0.1) is 0 Å². The third-order valence-corrected chi connectivity index (χ3v) is 6.82. The maximum atomic E-state index is 10.9. The predicted octanol–water partition coefficient (Wildman–Crippen LogP) is 5.98. The van der Waals surface area contributed by atoms with Crippen LogP contribution in [0, 0.1) is 18.8 Å². The molecule has 0 aliphatic heterocycles. The Kier molecular flexibility index (Phi) is 5.50. The highest BCUT2D eigenvalue weighted by atomic mass is 16.3. The lowest BCUT2D eigenvalue weighted by molar-refractivity contribution is 0.472. The first-order valence-electron chi connectivity index (χ1n) is 12.4. The van der Waals surface area contributed by atoms with Crippen LogP contribution in [0.1, 0.15) is 16.7 Å². The average Bonchev–Trinajstić information content (AvgIpc) is 2.92. The van der Waals surface area contributed by atoms with Gasteiger partial charge in [0.05, 0.1) is 5.56 Å². The van der Waals surface area contributed by atoms with E-state index in [0.717, 1.165) is 16.5 Å². The van der Waals surface area contributed by atoms with E-state index in [2.05, 4.69) is 81.4 Å². The Hall–Kier alpha value is -4.89. The lowest BCUT2D eigenvalue weighted by Crippen LogP contribution is -2.19. The molecule has 5 aromatic carbocycles. The van der Waals surface area contributed by atoms with Gasteiger partial charge in [-0.25, -0.2) is 0 Å².